The van der Waals surface area contributed by atoms with E-state index in [0.717, 1.165) is 36.3 Å². The summed E-state index contributed by atoms with van der Waals surface area (Å²) in [4.78, 5) is 29.4. The third-order valence-electron chi connectivity index (χ3n) is 4.53. The molecule has 1 aromatic carbocycles. The molecular weight excluding hydrogens is 304 g/mol. The molecule has 5 heteroatoms. The number of aromatic amines is 1. The van der Waals surface area contributed by atoms with E-state index in [4.69, 9.17) is 4.74 Å². The monoisotopic (exact) mass is 326 g/mol. The Morgan fingerprint density at radius 2 is 2.17 bits per heavy atom. The first-order chi connectivity index (χ1) is 11.6. The van der Waals surface area contributed by atoms with E-state index < -0.39 is 0 Å². The highest BCUT2D eigenvalue weighted by atomic mass is 16.5. The fourth-order valence-electron chi connectivity index (χ4n) is 3.28. The standard InChI is InChI=1S/C19H22N2O3/c1-13-8-9-17(18(22)20-13)19(23)21-10-4-6-15(21)11-14-5-3-7-16(12-14)24-2/h3,5,7-9,12,15H,4,6,10-11H2,1-2H3,(H,20,22)/t15-/m0/s1. The number of hydrogen-bond acceptors (Lipinski definition) is 3. The average Bonchev–Trinajstić information content (AvgIpc) is 3.02. The molecule has 1 N–H and O–H groups in total. The molecule has 0 aliphatic carbocycles. The van der Waals surface area contributed by atoms with Crippen molar-refractivity contribution in [2.45, 2.75) is 32.2 Å². The van der Waals surface area contributed by atoms with Crippen LogP contribution in [-0.2, 0) is 6.42 Å². The number of hydrogen-bond donors (Lipinski definition) is 1. The molecule has 1 saturated heterocycles. The first kappa shape index (κ1) is 16.3. The highest BCUT2D eigenvalue weighted by molar-refractivity contribution is 5.94. The van der Waals surface area contributed by atoms with Crippen LogP contribution in [0.3, 0.4) is 0 Å². The van der Waals surface area contributed by atoms with Crippen molar-refractivity contribution in [3.63, 3.8) is 0 Å². The molecule has 24 heavy (non-hydrogen) atoms. The molecule has 0 saturated carbocycles. The Kier molecular flexibility index (Phi) is 4.69. The van der Waals surface area contributed by atoms with Crippen molar-refractivity contribution in [2.24, 2.45) is 0 Å². The first-order valence-electron chi connectivity index (χ1n) is 8.22. The number of ether oxygens (including phenoxy) is 1. The van der Waals surface area contributed by atoms with Crippen LogP contribution < -0.4 is 10.3 Å². The zero-order chi connectivity index (χ0) is 17.1. The summed E-state index contributed by atoms with van der Waals surface area (Å²) in [5.41, 5.74) is 1.80. The highest BCUT2D eigenvalue weighted by Gasteiger charge is 2.30. The highest BCUT2D eigenvalue weighted by Crippen LogP contribution is 2.24. The third-order valence-corrected chi connectivity index (χ3v) is 4.53. The molecule has 3 rings (SSSR count). The lowest BCUT2D eigenvalue weighted by molar-refractivity contribution is 0.0734. The second kappa shape index (κ2) is 6.91. The third kappa shape index (κ3) is 3.35. The molecule has 2 aromatic rings. The lowest BCUT2D eigenvalue weighted by atomic mass is 10.0. The number of benzene rings is 1. The quantitative estimate of drug-likeness (QED) is 0.939. The predicted molar refractivity (Wildman–Crippen MR) is 92.6 cm³/mol. The van der Waals surface area contributed by atoms with Crippen molar-refractivity contribution in [3.8, 4) is 5.75 Å². The van der Waals surface area contributed by atoms with Crippen molar-refractivity contribution in [3.05, 3.63) is 63.6 Å². The minimum atomic E-state index is -0.313. The molecule has 1 aliphatic rings. The Labute approximate surface area is 141 Å². The second-order valence-corrected chi connectivity index (χ2v) is 6.23. The van der Waals surface area contributed by atoms with E-state index >= 15 is 0 Å². The van der Waals surface area contributed by atoms with E-state index in [1.54, 1.807) is 26.2 Å². The molecular formula is C19H22N2O3. The number of aromatic nitrogens is 1. The van der Waals surface area contributed by atoms with E-state index in [2.05, 4.69) is 4.98 Å². The van der Waals surface area contributed by atoms with Gasteiger partial charge in [0, 0.05) is 18.3 Å². The molecule has 126 valence electrons. The fraction of sp³-hybridized carbons (Fsp3) is 0.368. The van der Waals surface area contributed by atoms with Crippen molar-refractivity contribution in [1.29, 1.82) is 0 Å². The molecule has 2 heterocycles. The van der Waals surface area contributed by atoms with Gasteiger partial charge in [-0.25, -0.2) is 0 Å². The molecule has 0 unspecified atom stereocenters. The van der Waals surface area contributed by atoms with Gasteiger partial charge in [-0.15, -0.1) is 0 Å². The van der Waals surface area contributed by atoms with Crippen molar-refractivity contribution < 1.29 is 9.53 Å². The molecule has 1 aliphatic heterocycles. The van der Waals surface area contributed by atoms with Crippen LogP contribution in [0.2, 0.25) is 0 Å². The van der Waals surface area contributed by atoms with Crippen LogP contribution in [0.25, 0.3) is 0 Å². The molecule has 1 atom stereocenters. The second-order valence-electron chi connectivity index (χ2n) is 6.23. The molecule has 0 bridgehead atoms. The average molecular weight is 326 g/mol. The van der Waals surface area contributed by atoms with Gasteiger partial charge < -0.3 is 14.6 Å². The van der Waals surface area contributed by atoms with Crippen LogP contribution >= 0.6 is 0 Å². The number of carbonyl (C=O) groups is 1. The Morgan fingerprint density at radius 1 is 1.33 bits per heavy atom. The largest absolute Gasteiger partial charge is 0.497 e. The predicted octanol–water partition coefficient (Wildman–Crippen LogP) is 2.54. The molecule has 5 nitrogen and oxygen atoms in total. The van der Waals surface area contributed by atoms with Gasteiger partial charge in [-0.3, -0.25) is 9.59 Å². The number of H-pyrrole nitrogens is 1. The van der Waals surface area contributed by atoms with Gasteiger partial charge in [-0.05, 0) is 56.0 Å². The summed E-state index contributed by atoms with van der Waals surface area (Å²) < 4.78 is 5.26. The lowest BCUT2D eigenvalue weighted by Gasteiger charge is -2.25. The van der Waals surface area contributed by atoms with E-state index in [0.29, 0.717) is 6.54 Å². The number of nitrogens with one attached hydrogen (secondary N) is 1. The van der Waals surface area contributed by atoms with Crippen LogP contribution in [-0.4, -0.2) is 35.5 Å². The summed E-state index contributed by atoms with van der Waals surface area (Å²) in [6.45, 7) is 2.50. The Hall–Kier alpha value is -2.56. The maximum Gasteiger partial charge on any atom is 0.260 e. The van der Waals surface area contributed by atoms with E-state index in [1.165, 1.54) is 0 Å². The summed E-state index contributed by atoms with van der Waals surface area (Å²) in [6, 6.07) is 11.4. The molecule has 0 radical (unpaired) electrons. The number of pyridine rings is 1. The summed E-state index contributed by atoms with van der Waals surface area (Å²) in [5, 5.41) is 0. The van der Waals surface area contributed by atoms with Gasteiger partial charge >= 0.3 is 0 Å². The first-order valence-corrected chi connectivity index (χ1v) is 8.22. The minimum Gasteiger partial charge on any atom is -0.497 e. The fourth-order valence-corrected chi connectivity index (χ4v) is 3.28. The molecule has 1 amide bonds. The van der Waals surface area contributed by atoms with E-state index in [1.807, 2.05) is 29.2 Å². The van der Waals surface area contributed by atoms with Crippen LogP contribution in [0, 0.1) is 6.92 Å². The lowest BCUT2D eigenvalue weighted by Crippen LogP contribution is -2.39. The smallest absolute Gasteiger partial charge is 0.260 e. The number of rotatable bonds is 4. The molecule has 1 fully saturated rings. The van der Waals surface area contributed by atoms with Gasteiger partial charge in [-0.2, -0.15) is 0 Å². The van der Waals surface area contributed by atoms with E-state index in [-0.39, 0.29) is 23.1 Å². The Balaban J connectivity index is 1.79. The SMILES string of the molecule is COc1cccc(C[C@@H]2CCCN2C(=O)c2ccc(C)[nH]c2=O)c1. The number of methoxy groups -OCH3 is 1. The van der Waals surface area contributed by atoms with Crippen LogP contribution in [0.15, 0.2) is 41.2 Å². The maximum absolute atomic E-state index is 12.8. The zero-order valence-corrected chi connectivity index (χ0v) is 14.0. The van der Waals surface area contributed by atoms with Gasteiger partial charge in [0.2, 0.25) is 0 Å². The van der Waals surface area contributed by atoms with Crippen molar-refractivity contribution >= 4 is 5.91 Å². The molecule has 1 aromatic heterocycles. The van der Waals surface area contributed by atoms with Crippen LogP contribution in [0.4, 0.5) is 0 Å². The van der Waals surface area contributed by atoms with Gasteiger partial charge in [0.05, 0.1) is 7.11 Å². The number of carbonyl (C=O) groups excluding carboxylic acids is 1. The van der Waals surface area contributed by atoms with Gasteiger partial charge in [-0.1, -0.05) is 12.1 Å². The summed E-state index contributed by atoms with van der Waals surface area (Å²) in [7, 11) is 1.65. The van der Waals surface area contributed by atoms with Crippen LogP contribution in [0.5, 0.6) is 5.75 Å². The maximum atomic E-state index is 12.8. The normalized spacial score (nSPS) is 17.1. The number of aryl methyl sites for hydroxylation is 1. The van der Waals surface area contributed by atoms with E-state index in [9.17, 15) is 9.59 Å². The van der Waals surface area contributed by atoms with Gasteiger partial charge in [0.25, 0.3) is 11.5 Å². The number of likely N-dealkylation sites (tertiary alicyclic amines) is 1. The molecule has 0 spiro atoms. The van der Waals surface area contributed by atoms with Gasteiger partial charge in [0.1, 0.15) is 11.3 Å². The Morgan fingerprint density at radius 3 is 2.92 bits per heavy atom. The Bertz CT molecular complexity index is 797. The number of amides is 1. The van der Waals surface area contributed by atoms with Crippen molar-refractivity contribution in [2.75, 3.05) is 13.7 Å². The minimum absolute atomic E-state index is 0.116. The summed E-state index contributed by atoms with van der Waals surface area (Å²) in [5.74, 6) is 0.639. The van der Waals surface area contributed by atoms with Crippen LogP contribution in [0.1, 0.15) is 34.5 Å². The topological polar surface area (TPSA) is 62.4 Å². The summed E-state index contributed by atoms with van der Waals surface area (Å²) >= 11 is 0. The van der Waals surface area contributed by atoms with Crippen molar-refractivity contribution in [1.82, 2.24) is 9.88 Å². The van der Waals surface area contributed by atoms with Gasteiger partial charge in [0.15, 0.2) is 0 Å². The zero-order valence-electron chi connectivity index (χ0n) is 14.0. The summed E-state index contributed by atoms with van der Waals surface area (Å²) in [6.07, 6.45) is 2.68. The number of nitrogens with zero attached hydrogens (tertiary/aromatic N) is 1.